The molecule has 2 rings (SSSR count). The zero-order valence-electron chi connectivity index (χ0n) is 16.2. The molecule has 2 aromatic rings. The number of hydrogen-bond acceptors (Lipinski definition) is 6. The van der Waals surface area contributed by atoms with Crippen LogP contribution in [0.25, 0.3) is 0 Å². The van der Waals surface area contributed by atoms with Gasteiger partial charge in [-0.15, -0.1) is 0 Å². The predicted molar refractivity (Wildman–Crippen MR) is 117 cm³/mol. The molecule has 0 fully saturated rings. The Labute approximate surface area is 170 Å². The minimum absolute atomic E-state index is 0.0456. The summed E-state index contributed by atoms with van der Waals surface area (Å²) in [6.45, 7) is 0. The summed E-state index contributed by atoms with van der Waals surface area (Å²) in [4.78, 5) is 24.0. The lowest BCUT2D eigenvalue weighted by molar-refractivity contribution is -0.116. The summed E-state index contributed by atoms with van der Waals surface area (Å²) < 4.78 is 0. The molecule has 0 spiro atoms. The molecule has 0 saturated carbocycles. The van der Waals surface area contributed by atoms with Gasteiger partial charge in [0.1, 0.15) is 0 Å². The predicted octanol–water partition coefficient (Wildman–Crippen LogP) is 2.80. The van der Waals surface area contributed by atoms with Crippen LogP contribution >= 0.6 is 0 Å². The first-order valence-corrected chi connectivity index (χ1v) is 9.37. The van der Waals surface area contributed by atoms with Gasteiger partial charge < -0.3 is 22.3 Å². The van der Waals surface area contributed by atoms with Crippen LogP contribution in [0, 0.1) is 0 Å². The number of nitrogens with zero attached hydrogens (tertiary/aromatic N) is 2. The van der Waals surface area contributed by atoms with Gasteiger partial charge in [0.15, 0.2) is 0 Å². The zero-order valence-corrected chi connectivity index (χ0v) is 16.2. The summed E-state index contributed by atoms with van der Waals surface area (Å²) in [6.07, 6.45) is 6.16. The fourth-order valence-corrected chi connectivity index (χ4v) is 2.67. The molecular formula is C21H26N6O2. The van der Waals surface area contributed by atoms with Crippen LogP contribution in [0.3, 0.4) is 0 Å². The number of rotatable bonds is 10. The first-order valence-electron chi connectivity index (χ1n) is 9.37. The highest BCUT2D eigenvalue weighted by Crippen LogP contribution is 2.12. The molecule has 2 amide bonds. The number of anilines is 2. The number of benzene rings is 2. The van der Waals surface area contributed by atoms with E-state index in [0.717, 1.165) is 41.8 Å². The highest BCUT2D eigenvalue weighted by atomic mass is 16.2. The summed E-state index contributed by atoms with van der Waals surface area (Å²) in [5.74, 6) is 10.1. The number of hydrazone groups is 2. The molecule has 6 N–H and O–H groups in total. The molecule has 0 heterocycles. The number of hydrogen-bond donors (Lipinski definition) is 4. The normalized spacial score (nSPS) is 11.0. The maximum Gasteiger partial charge on any atom is 0.224 e. The Morgan fingerprint density at radius 2 is 1.07 bits per heavy atom. The van der Waals surface area contributed by atoms with E-state index in [0.29, 0.717) is 12.8 Å². The topological polar surface area (TPSA) is 135 Å². The molecule has 0 aromatic heterocycles. The minimum atomic E-state index is -0.0456. The van der Waals surface area contributed by atoms with Crippen molar-refractivity contribution in [2.75, 3.05) is 10.6 Å². The van der Waals surface area contributed by atoms with Crippen molar-refractivity contribution < 1.29 is 9.59 Å². The molecule has 8 nitrogen and oxygen atoms in total. The fourth-order valence-electron chi connectivity index (χ4n) is 2.67. The van der Waals surface area contributed by atoms with Gasteiger partial charge in [0.2, 0.25) is 11.8 Å². The number of unbranched alkanes of at least 4 members (excludes halogenated alkanes) is 2. The first kappa shape index (κ1) is 21.6. The summed E-state index contributed by atoms with van der Waals surface area (Å²) in [5.41, 5.74) is 3.19. The molecule has 0 aliphatic carbocycles. The molecule has 0 saturated heterocycles. The smallest absolute Gasteiger partial charge is 0.224 e. The van der Waals surface area contributed by atoms with Crippen molar-refractivity contribution in [1.29, 1.82) is 0 Å². The van der Waals surface area contributed by atoms with E-state index >= 15 is 0 Å². The first-order chi connectivity index (χ1) is 14.1. The molecule has 0 atom stereocenters. The van der Waals surface area contributed by atoms with Crippen molar-refractivity contribution in [1.82, 2.24) is 0 Å². The minimum Gasteiger partial charge on any atom is -0.326 e. The second-order valence-corrected chi connectivity index (χ2v) is 6.46. The molecule has 0 bridgehead atoms. The number of nitrogens with two attached hydrogens (primary N) is 2. The van der Waals surface area contributed by atoms with Crippen LogP contribution in [-0.2, 0) is 9.59 Å². The van der Waals surface area contributed by atoms with Crippen molar-refractivity contribution >= 4 is 35.6 Å². The van der Waals surface area contributed by atoms with Gasteiger partial charge in [0.05, 0.1) is 12.4 Å². The lowest BCUT2D eigenvalue weighted by atomic mass is 10.1. The quantitative estimate of drug-likeness (QED) is 0.213. The molecule has 152 valence electrons. The van der Waals surface area contributed by atoms with Crippen LogP contribution in [0.5, 0.6) is 0 Å². The Hall–Kier alpha value is -3.68. The van der Waals surface area contributed by atoms with E-state index in [1.807, 2.05) is 24.3 Å². The lowest BCUT2D eigenvalue weighted by Crippen LogP contribution is -2.12. The van der Waals surface area contributed by atoms with E-state index < -0.39 is 0 Å². The van der Waals surface area contributed by atoms with E-state index in [1.165, 1.54) is 12.4 Å². The largest absolute Gasteiger partial charge is 0.326 e. The van der Waals surface area contributed by atoms with Crippen molar-refractivity contribution in [3.63, 3.8) is 0 Å². The van der Waals surface area contributed by atoms with Crippen LogP contribution < -0.4 is 22.3 Å². The third-order valence-corrected chi connectivity index (χ3v) is 4.14. The summed E-state index contributed by atoms with van der Waals surface area (Å²) in [5, 5.41) is 12.6. The number of carbonyl (C=O) groups is 2. The van der Waals surface area contributed by atoms with Gasteiger partial charge in [-0.3, -0.25) is 9.59 Å². The summed E-state index contributed by atoms with van der Waals surface area (Å²) in [6, 6.07) is 14.5. The van der Waals surface area contributed by atoms with Crippen molar-refractivity contribution in [3.8, 4) is 0 Å². The molecule has 0 aliphatic rings. The van der Waals surface area contributed by atoms with Gasteiger partial charge in [-0.2, -0.15) is 10.2 Å². The van der Waals surface area contributed by atoms with Crippen LogP contribution in [0.4, 0.5) is 11.4 Å². The molecule has 29 heavy (non-hydrogen) atoms. The second kappa shape index (κ2) is 11.9. The SMILES string of the molecule is NN=Cc1ccc(NC(=O)CCCCCC(=O)Nc2ccc(C=NN)cc2)cc1. The van der Waals surface area contributed by atoms with E-state index in [4.69, 9.17) is 11.7 Å². The molecule has 0 unspecified atom stereocenters. The average molecular weight is 394 g/mol. The highest BCUT2D eigenvalue weighted by Gasteiger charge is 2.05. The zero-order chi connectivity index (χ0) is 20.9. The van der Waals surface area contributed by atoms with E-state index in [9.17, 15) is 9.59 Å². The van der Waals surface area contributed by atoms with E-state index in [2.05, 4.69) is 20.8 Å². The van der Waals surface area contributed by atoms with Gasteiger partial charge in [0.25, 0.3) is 0 Å². The van der Waals surface area contributed by atoms with Gasteiger partial charge in [-0.05, 0) is 48.2 Å². The Balaban J connectivity index is 1.60. The summed E-state index contributed by atoms with van der Waals surface area (Å²) in [7, 11) is 0. The second-order valence-electron chi connectivity index (χ2n) is 6.46. The molecule has 8 heteroatoms. The maximum atomic E-state index is 12.0. The molecule has 2 aromatic carbocycles. The highest BCUT2D eigenvalue weighted by molar-refractivity contribution is 5.92. The summed E-state index contributed by atoms with van der Waals surface area (Å²) >= 11 is 0. The van der Waals surface area contributed by atoms with Crippen LogP contribution in [0.1, 0.15) is 43.2 Å². The monoisotopic (exact) mass is 394 g/mol. The Morgan fingerprint density at radius 1 is 0.690 bits per heavy atom. The number of amides is 2. The van der Waals surface area contributed by atoms with E-state index in [1.54, 1.807) is 24.3 Å². The van der Waals surface area contributed by atoms with Crippen molar-refractivity contribution in [2.24, 2.45) is 21.9 Å². The van der Waals surface area contributed by atoms with Crippen molar-refractivity contribution in [3.05, 3.63) is 59.7 Å². The third-order valence-electron chi connectivity index (χ3n) is 4.14. The van der Waals surface area contributed by atoms with Gasteiger partial charge in [0, 0.05) is 24.2 Å². The number of nitrogens with one attached hydrogen (secondary N) is 2. The lowest BCUT2D eigenvalue weighted by Gasteiger charge is -2.07. The van der Waals surface area contributed by atoms with Crippen LogP contribution in [0.15, 0.2) is 58.7 Å². The van der Waals surface area contributed by atoms with Crippen LogP contribution in [0.2, 0.25) is 0 Å². The van der Waals surface area contributed by atoms with Crippen molar-refractivity contribution in [2.45, 2.75) is 32.1 Å². The number of carbonyl (C=O) groups excluding carboxylic acids is 2. The van der Waals surface area contributed by atoms with Crippen LogP contribution in [-0.4, -0.2) is 24.2 Å². The molecular weight excluding hydrogens is 368 g/mol. The van der Waals surface area contributed by atoms with Gasteiger partial charge >= 0.3 is 0 Å². The van der Waals surface area contributed by atoms with E-state index in [-0.39, 0.29) is 11.8 Å². The average Bonchev–Trinajstić information content (AvgIpc) is 2.71. The van der Waals surface area contributed by atoms with Gasteiger partial charge in [-0.25, -0.2) is 0 Å². The fraction of sp³-hybridized carbons (Fsp3) is 0.238. The Morgan fingerprint density at radius 3 is 1.41 bits per heavy atom. The molecule has 0 aliphatic heterocycles. The third kappa shape index (κ3) is 8.25. The maximum absolute atomic E-state index is 12.0. The standard InChI is InChI=1S/C21H26N6O2/c22-24-14-16-6-10-18(11-7-16)26-20(28)4-2-1-3-5-21(29)27-19-12-8-17(9-13-19)15-25-23/h6-15H,1-5,22-23H2,(H,26,28)(H,27,29). The Kier molecular flexibility index (Phi) is 8.88. The Bertz CT molecular complexity index is 773. The van der Waals surface area contributed by atoms with Gasteiger partial charge in [-0.1, -0.05) is 30.7 Å². The molecule has 0 radical (unpaired) electrons.